The number of halogens is 2. The maximum atomic E-state index is 12.6. The summed E-state index contributed by atoms with van der Waals surface area (Å²) in [6.45, 7) is -0.0294. The molecule has 26 heavy (non-hydrogen) atoms. The first-order valence-electron chi connectivity index (χ1n) is 7.51. The summed E-state index contributed by atoms with van der Waals surface area (Å²) in [5.41, 5.74) is 0.823. The molecule has 2 rings (SSSR count). The Bertz CT molecular complexity index is 871. The predicted octanol–water partition coefficient (Wildman–Crippen LogP) is 2.50. The number of carboxylic acids is 1. The van der Waals surface area contributed by atoms with E-state index < -0.39 is 18.4 Å². The van der Waals surface area contributed by atoms with Crippen LogP contribution in [0.4, 0.5) is 8.78 Å². The number of hydrogen-bond acceptors (Lipinski definition) is 5. The lowest BCUT2D eigenvalue weighted by Crippen LogP contribution is -2.23. The fourth-order valence-electron chi connectivity index (χ4n) is 2.61. The van der Waals surface area contributed by atoms with Gasteiger partial charge in [0.2, 0.25) is 0 Å². The number of carbonyl (C=O) groups excluding carboxylic acids is 2. The maximum absolute atomic E-state index is 12.6. The summed E-state index contributed by atoms with van der Waals surface area (Å²) in [5.74, 6) is -2.02. The highest BCUT2D eigenvalue weighted by Gasteiger charge is 2.18. The van der Waals surface area contributed by atoms with E-state index in [0.717, 1.165) is 6.08 Å². The third-order valence-electron chi connectivity index (χ3n) is 3.74. The number of ketones is 1. The molecule has 2 aromatic rings. The van der Waals surface area contributed by atoms with Gasteiger partial charge in [0.15, 0.2) is 17.3 Å². The first-order valence-corrected chi connectivity index (χ1v) is 7.51. The van der Waals surface area contributed by atoms with Gasteiger partial charge >= 0.3 is 6.61 Å². The molecule has 0 amide bonds. The lowest BCUT2D eigenvalue weighted by Gasteiger charge is -2.12. The first kappa shape index (κ1) is 19.2. The van der Waals surface area contributed by atoms with Crippen LogP contribution in [0.25, 0.3) is 6.08 Å². The van der Waals surface area contributed by atoms with Crippen molar-refractivity contribution in [2.75, 3.05) is 7.11 Å². The second-order valence-corrected chi connectivity index (χ2v) is 5.37. The summed E-state index contributed by atoms with van der Waals surface area (Å²) < 4.78 is 34.7. The van der Waals surface area contributed by atoms with Gasteiger partial charge in [0.1, 0.15) is 0 Å². The Morgan fingerprint density at radius 1 is 1.27 bits per heavy atom. The molecule has 0 aliphatic carbocycles. The number of rotatable bonds is 7. The van der Waals surface area contributed by atoms with Gasteiger partial charge < -0.3 is 24.4 Å². The molecule has 0 unspecified atom stereocenters. The number of carbonyl (C=O) groups is 2. The molecule has 8 heteroatoms. The smallest absolute Gasteiger partial charge is 0.387 e. The number of methoxy groups -OCH3 is 1. The van der Waals surface area contributed by atoms with E-state index in [0.29, 0.717) is 5.69 Å². The summed E-state index contributed by atoms with van der Waals surface area (Å²) in [5, 5.41) is 11.0. The standard InChI is InChI=1S/C18H17F2NO5/c1-9-14(10(2)21-15(9)17(23)24)12(22)8-7-11-5-4-6-13(25-3)16(11)26-18(19)20/h4-8,18,21H,1-3H3,(H,23,24)/p-1/b8-7+. The molecule has 6 nitrogen and oxygen atoms in total. The van der Waals surface area contributed by atoms with Crippen molar-refractivity contribution < 1.29 is 33.0 Å². The molecule has 0 aliphatic rings. The van der Waals surface area contributed by atoms with Crippen LogP contribution in [-0.2, 0) is 0 Å². The molecule has 0 aliphatic heterocycles. The summed E-state index contributed by atoms with van der Waals surface area (Å²) >= 11 is 0. The number of H-pyrrole nitrogens is 1. The van der Waals surface area contributed by atoms with E-state index in [9.17, 15) is 23.5 Å². The molecule has 1 heterocycles. The zero-order valence-corrected chi connectivity index (χ0v) is 14.3. The highest BCUT2D eigenvalue weighted by atomic mass is 19.3. The van der Waals surface area contributed by atoms with Crippen molar-refractivity contribution in [3.8, 4) is 11.5 Å². The van der Waals surface area contributed by atoms with Crippen LogP contribution in [0.15, 0.2) is 24.3 Å². The van der Waals surface area contributed by atoms with Crippen LogP contribution in [0.2, 0.25) is 0 Å². The third kappa shape index (κ3) is 3.90. The average Bonchev–Trinajstić information content (AvgIpc) is 2.88. The summed E-state index contributed by atoms with van der Waals surface area (Å²) in [4.78, 5) is 26.1. The summed E-state index contributed by atoms with van der Waals surface area (Å²) in [6, 6.07) is 4.49. The van der Waals surface area contributed by atoms with Crippen molar-refractivity contribution in [2.45, 2.75) is 20.5 Å². The number of carboxylic acid groups (broad SMARTS) is 1. The van der Waals surface area contributed by atoms with Crippen LogP contribution in [0.1, 0.15) is 37.7 Å². The number of para-hydroxylation sites is 1. The molecule has 0 spiro atoms. The van der Waals surface area contributed by atoms with Crippen molar-refractivity contribution in [1.82, 2.24) is 4.98 Å². The molecule has 1 aromatic heterocycles. The van der Waals surface area contributed by atoms with Gasteiger partial charge in [0, 0.05) is 16.8 Å². The average molecular weight is 364 g/mol. The van der Waals surface area contributed by atoms with Gasteiger partial charge in [0.25, 0.3) is 0 Å². The molecule has 0 saturated heterocycles. The normalized spacial score (nSPS) is 11.2. The number of ether oxygens (including phenoxy) is 2. The number of allylic oxidation sites excluding steroid dienone is 1. The number of aromatic amines is 1. The Hall–Kier alpha value is -3.16. The molecule has 0 saturated carbocycles. The van der Waals surface area contributed by atoms with Crippen LogP contribution < -0.4 is 14.6 Å². The minimum absolute atomic E-state index is 0.0909. The minimum Gasteiger partial charge on any atom is -0.543 e. The Labute approximate surface area is 148 Å². The highest BCUT2D eigenvalue weighted by Crippen LogP contribution is 2.33. The molecule has 0 radical (unpaired) electrons. The fraction of sp³-hybridized carbons (Fsp3) is 0.222. The van der Waals surface area contributed by atoms with Crippen LogP contribution in [-0.4, -0.2) is 30.5 Å². The second-order valence-electron chi connectivity index (χ2n) is 5.37. The van der Waals surface area contributed by atoms with Gasteiger partial charge in [0.05, 0.1) is 18.8 Å². The lowest BCUT2D eigenvalue weighted by molar-refractivity contribution is -0.255. The van der Waals surface area contributed by atoms with E-state index in [1.807, 2.05) is 0 Å². The van der Waals surface area contributed by atoms with E-state index >= 15 is 0 Å². The summed E-state index contributed by atoms with van der Waals surface area (Å²) in [7, 11) is 1.31. The second kappa shape index (κ2) is 7.81. The van der Waals surface area contributed by atoms with E-state index in [1.54, 1.807) is 13.0 Å². The number of aryl methyl sites for hydroxylation is 1. The number of hydrogen-bond donors (Lipinski definition) is 1. The maximum Gasteiger partial charge on any atom is 0.387 e. The quantitative estimate of drug-likeness (QED) is 0.602. The van der Waals surface area contributed by atoms with Crippen LogP contribution >= 0.6 is 0 Å². The fourth-order valence-corrected chi connectivity index (χ4v) is 2.61. The number of nitrogens with one attached hydrogen (secondary N) is 1. The monoisotopic (exact) mass is 364 g/mol. The van der Waals surface area contributed by atoms with Crippen molar-refractivity contribution in [3.63, 3.8) is 0 Å². The molecule has 0 fully saturated rings. The van der Waals surface area contributed by atoms with Crippen LogP contribution in [0.3, 0.4) is 0 Å². The molecule has 0 bridgehead atoms. The van der Waals surface area contributed by atoms with Crippen LogP contribution in [0.5, 0.6) is 11.5 Å². The lowest BCUT2D eigenvalue weighted by atomic mass is 10.0. The summed E-state index contributed by atoms with van der Waals surface area (Å²) in [6.07, 6.45) is 2.45. The largest absolute Gasteiger partial charge is 0.543 e. The molecule has 1 aromatic carbocycles. The number of aromatic nitrogens is 1. The van der Waals surface area contributed by atoms with Crippen molar-refractivity contribution in [1.29, 1.82) is 0 Å². The van der Waals surface area contributed by atoms with Gasteiger partial charge in [-0.2, -0.15) is 8.78 Å². The van der Waals surface area contributed by atoms with Gasteiger partial charge in [-0.1, -0.05) is 12.1 Å². The van der Waals surface area contributed by atoms with E-state index in [2.05, 4.69) is 9.72 Å². The first-order chi connectivity index (χ1) is 12.3. The van der Waals surface area contributed by atoms with E-state index in [-0.39, 0.29) is 33.9 Å². The molecule has 1 N–H and O–H groups in total. The zero-order chi connectivity index (χ0) is 19.4. The Balaban J connectivity index is 2.39. The number of alkyl halides is 2. The molecular weight excluding hydrogens is 348 g/mol. The minimum atomic E-state index is -3.06. The van der Waals surface area contributed by atoms with Crippen molar-refractivity contribution in [2.24, 2.45) is 0 Å². The van der Waals surface area contributed by atoms with E-state index in [4.69, 9.17) is 4.74 Å². The van der Waals surface area contributed by atoms with Crippen molar-refractivity contribution in [3.05, 3.63) is 52.4 Å². The van der Waals surface area contributed by atoms with Gasteiger partial charge in [-0.3, -0.25) is 4.79 Å². The number of aromatic carboxylic acids is 1. The Morgan fingerprint density at radius 3 is 2.50 bits per heavy atom. The van der Waals surface area contributed by atoms with Gasteiger partial charge in [-0.05, 0) is 37.6 Å². The topological polar surface area (TPSA) is 91.5 Å². The molecular formula is C18H16F2NO5-. The predicted molar refractivity (Wildman–Crippen MR) is 87.6 cm³/mol. The third-order valence-corrected chi connectivity index (χ3v) is 3.74. The van der Waals surface area contributed by atoms with Crippen molar-refractivity contribution >= 4 is 17.8 Å². The van der Waals surface area contributed by atoms with Gasteiger partial charge in [-0.15, -0.1) is 0 Å². The number of benzene rings is 1. The molecule has 0 atom stereocenters. The van der Waals surface area contributed by atoms with Crippen LogP contribution in [0, 0.1) is 13.8 Å². The van der Waals surface area contributed by atoms with E-state index in [1.165, 1.54) is 32.2 Å². The zero-order valence-electron chi connectivity index (χ0n) is 14.3. The Kier molecular flexibility index (Phi) is 5.76. The molecule has 138 valence electrons. The highest BCUT2D eigenvalue weighted by molar-refractivity contribution is 6.10. The Morgan fingerprint density at radius 2 is 1.96 bits per heavy atom. The van der Waals surface area contributed by atoms with Gasteiger partial charge in [-0.25, -0.2) is 0 Å². The SMILES string of the molecule is COc1cccc(/C=C/C(=O)c2c(C)[nH]c(C(=O)[O-])c2C)c1OC(F)F.